The second-order valence-electron chi connectivity index (χ2n) is 2.71. The molecule has 0 saturated heterocycles. The molecular formula is C9H19NO2. The van der Waals surface area contributed by atoms with Crippen LogP contribution in [0.1, 0.15) is 27.2 Å². The van der Waals surface area contributed by atoms with E-state index in [1.807, 2.05) is 6.92 Å². The Morgan fingerprint density at radius 1 is 1.33 bits per heavy atom. The number of hydrogen-bond acceptors (Lipinski definition) is 2. The Bertz CT molecular complexity index is 126. The van der Waals surface area contributed by atoms with E-state index in [-0.39, 0.29) is 5.91 Å². The van der Waals surface area contributed by atoms with Crippen molar-refractivity contribution in [1.29, 1.82) is 0 Å². The smallest absolute Gasteiger partial charge is 0.219 e. The third kappa shape index (κ3) is 5.13. The maximum absolute atomic E-state index is 10.9. The first-order chi connectivity index (χ1) is 5.72. The molecule has 0 aliphatic rings. The van der Waals surface area contributed by atoms with Crippen molar-refractivity contribution in [2.45, 2.75) is 27.2 Å². The number of rotatable bonds is 6. The second kappa shape index (κ2) is 7.10. The van der Waals surface area contributed by atoms with Gasteiger partial charge in [0, 0.05) is 26.6 Å². The first-order valence-corrected chi connectivity index (χ1v) is 4.55. The zero-order valence-electron chi connectivity index (χ0n) is 8.30. The molecule has 0 bridgehead atoms. The van der Waals surface area contributed by atoms with E-state index in [0.717, 1.165) is 19.6 Å². The average molecular weight is 173 g/mol. The topological polar surface area (TPSA) is 29.5 Å². The molecule has 0 N–H and O–H groups in total. The Morgan fingerprint density at radius 3 is 2.42 bits per heavy atom. The SMILES string of the molecule is CCCOCCN(CC)C(C)=O. The van der Waals surface area contributed by atoms with E-state index in [9.17, 15) is 4.79 Å². The van der Waals surface area contributed by atoms with E-state index < -0.39 is 0 Å². The summed E-state index contributed by atoms with van der Waals surface area (Å²) in [6.45, 7) is 8.56. The quantitative estimate of drug-likeness (QED) is 0.566. The average Bonchev–Trinajstić information content (AvgIpc) is 2.04. The Hall–Kier alpha value is -0.570. The number of likely N-dealkylation sites (N-methyl/N-ethyl adjacent to an activating group) is 1. The normalized spacial score (nSPS) is 9.92. The summed E-state index contributed by atoms with van der Waals surface area (Å²) < 4.78 is 5.27. The van der Waals surface area contributed by atoms with E-state index in [0.29, 0.717) is 13.2 Å². The van der Waals surface area contributed by atoms with Crippen molar-refractivity contribution in [3.05, 3.63) is 0 Å². The van der Waals surface area contributed by atoms with Crippen molar-refractivity contribution in [2.24, 2.45) is 0 Å². The molecular weight excluding hydrogens is 154 g/mol. The largest absolute Gasteiger partial charge is 0.380 e. The lowest BCUT2D eigenvalue weighted by Gasteiger charge is -2.18. The number of ether oxygens (including phenoxy) is 1. The van der Waals surface area contributed by atoms with Crippen molar-refractivity contribution in [3.63, 3.8) is 0 Å². The van der Waals surface area contributed by atoms with E-state index in [1.165, 1.54) is 0 Å². The molecule has 0 aliphatic heterocycles. The minimum Gasteiger partial charge on any atom is -0.380 e. The molecule has 1 amide bonds. The maximum Gasteiger partial charge on any atom is 0.219 e. The predicted molar refractivity (Wildman–Crippen MR) is 49.0 cm³/mol. The second-order valence-corrected chi connectivity index (χ2v) is 2.71. The van der Waals surface area contributed by atoms with Crippen molar-refractivity contribution < 1.29 is 9.53 Å². The van der Waals surface area contributed by atoms with Gasteiger partial charge in [-0.3, -0.25) is 4.79 Å². The summed E-state index contributed by atoms with van der Waals surface area (Å²) in [6.07, 6.45) is 1.03. The third-order valence-electron chi connectivity index (χ3n) is 1.68. The van der Waals surface area contributed by atoms with Crippen LogP contribution in [0, 0.1) is 0 Å². The highest BCUT2D eigenvalue weighted by molar-refractivity contribution is 5.73. The molecule has 3 nitrogen and oxygen atoms in total. The molecule has 0 aromatic carbocycles. The summed E-state index contributed by atoms with van der Waals surface area (Å²) in [4.78, 5) is 12.7. The Balaban J connectivity index is 3.38. The van der Waals surface area contributed by atoms with Gasteiger partial charge in [-0.25, -0.2) is 0 Å². The van der Waals surface area contributed by atoms with Gasteiger partial charge in [-0.2, -0.15) is 0 Å². The van der Waals surface area contributed by atoms with Crippen molar-refractivity contribution in [1.82, 2.24) is 4.90 Å². The van der Waals surface area contributed by atoms with Crippen LogP contribution < -0.4 is 0 Å². The van der Waals surface area contributed by atoms with Crippen molar-refractivity contribution in [2.75, 3.05) is 26.3 Å². The predicted octanol–water partition coefficient (Wildman–Crippen LogP) is 1.28. The minimum absolute atomic E-state index is 0.123. The maximum atomic E-state index is 10.9. The van der Waals surface area contributed by atoms with Gasteiger partial charge < -0.3 is 9.64 Å². The number of amides is 1. The fourth-order valence-electron chi connectivity index (χ4n) is 0.959. The number of hydrogen-bond donors (Lipinski definition) is 0. The van der Waals surface area contributed by atoms with Crippen LogP contribution in [0.4, 0.5) is 0 Å². The summed E-state index contributed by atoms with van der Waals surface area (Å²) in [7, 11) is 0. The number of carbonyl (C=O) groups is 1. The summed E-state index contributed by atoms with van der Waals surface area (Å²) in [5.41, 5.74) is 0. The van der Waals surface area contributed by atoms with Gasteiger partial charge in [-0.1, -0.05) is 6.92 Å². The first-order valence-electron chi connectivity index (χ1n) is 4.55. The molecule has 0 saturated carbocycles. The van der Waals surface area contributed by atoms with Gasteiger partial charge >= 0.3 is 0 Å². The van der Waals surface area contributed by atoms with Gasteiger partial charge in [0.25, 0.3) is 0 Å². The number of carbonyl (C=O) groups excluding carboxylic acids is 1. The molecule has 0 atom stereocenters. The summed E-state index contributed by atoms with van der Waals surface area (Å²) in [6, 6.07) is 0. The summed E-state index contributed by atoms with van der Waals surface area (Å²) >= 11 is 0. The van der Waals surface area contributed by atoms with Crippen LogP contribution in [0.5, 0.6) is 0 Å². The molecule has 0 fully saturated rings. The van der Waals surface area contributed by atoms with E-state index in [4.69, 9.17) is 4.74 Å². The molecule has 0 radical (unpaired) electrons. The lowest BCUT2D eigenvalue weighted by atomic mass is 10.4. The van der Waals surface area contributed by atoms with Gasteiger partial charge in [0.2, 0.25) is 5.91 Å². The summed E-state index contributed by atoms with van der Waals surface area (Å²) in [5.74, 6) is 0.123. The standard InChI is InChI=1S/C9H19NO2/c1-4-7-12-8-6-10(5-2)9(3)11/h4-8H2,1-3H3. The van der Waals surface area contributed by atoms with Crippen LogP contribution in [0.25, 0.3) is 0 Å². The van der Waals surface area contributed by atoms with Crippen LogP contribution >= 0.6 is 0 Å². The molecule has 12 heavy (non-hydrogen) atoms. The zero-order valence-corrected chi connectivity index (χ0v) is 8.30. The monoisotopic (exact) mass is 173 g/mol. The molecule has 0 heterocycles. The molecule has 0 rings (SSSR count). The van der Waals surface area contributed by atoms with E-state index in [1.54, 1.807) is 11.8 Å². The minimum atomic E-state index is 0.123. The van der Waals surface area contributed by atoms with Crippen LogP contribution in [0.3, 0.4) is 0 Å². The van der Waals surface area contributed by atoms with Crippen molar-refractivity contribution in [3.8, 4) is 0 Å². The van der Waals surface area contributed by atoms with Gasteiger partial charge in [0.05, 0.1) is 6.61 Å². The highest BCUT2D eigenvalue weighted by Gasteiger charge is 2.03. The Morgan fingerprint density at radius 2 is 2.00 bits per heavy atom. The van der Waals surface area contributed by atoms with Crippen LogP contribution in [-0.2, 0) is 9.53 Å². The lowest BCUT2D eigenvalue weighted by molar-refractivity contribution is -0.129. The first kappa shape index (κ1) is 11.4. The fourth-order valence-corrected chi connectivity index (χ4v) is 0.959. The fraction of sp³-hybridized carbons (Fsp3) is 0.889. The summed E-state index contributed by atoms with van der Waals surface area (Å²) in [5, 5.41) is 0. The van der Waals surface area contributed by atoms with Crippen LogP contribution in [0.15, 0.2) is 0 Å². The third-order valence-corrected chi connectivity index (χ3v) is 1.68. The van der Waals surface area contributed by atoms with Gasteiger partial charge in [0.15, 0.2) is 0 Å². The van der Waals surface area contributed by atoms with Gasteiger partial charge in [0.1, 0.15) is 0 Å². The molecule has 72 valence electrons. The molecule has 0 unspecified atom stereocenters. The Kier molecular flexibility index (Phi) is 6.76. The van der Waals surface area contributed by atoms with Gasteiger partial charge in [-0.05, 0) is 13.3 Å². The highest BCUT2D eigenvalue weighted by Crippen LogP contribution is 1.89. The molecule has 3 heteroatoms. The lowest BCUT2D eigenvalue weighted by Crippen LogP contribution is -2.31. The molecule has 0 aliphatic carbocycles. The molecule has 0 aromatic rings. The van der Waals surface area contributed by atoms with Gasteiger partial charge in [-0.15, -0.1) is 0 Å². The van der Waals surface area contributed by atoms with E-state index >= 15 is 0 Å². The molecule has 0 aromatic heterocycles. The Labute approximate surface area is 74.7 Å². The number of nitrogens with zero attached hydrogens (tertiary/aromatic N) is 1. The zero-order chi connectivity index (χ0) is 9.40. The molecule has 0 spiro atoms. The van der Waals surface area contributed by atoms with Crippen LogP contribution in [0.2, 0.25) is 0 Å². The van der Waals surface area contributed by atoms with Crippen molar-refractivity contribution >= 4 is 5.91 Å². The highest BCUT2D eigenvalue weighted by atomic mass is 16.5. The van der Waals surface area contributed by atoms with E-state index in [2.05, 4.69) is 6.92 Å². The van der Waals surface area contributed by atoms with Crippen LogP contribution in [-0.4, -0.2) is 37.1 Å².